The lowest BCUT2D eigenvalue weighted by Gasteiger charge is -2.22. The van der Waals surface area contributed by atoms with Crippen LogP contribution in [0.1, 0.15) is 104 Å². The molecule has 0 aromatic heterocycles. The van der Waals surface area contributed by atoms with Crippen molar-refractivity contribution in [2.75, 3.05) is 54.8 Å². The SMILES string of the molecule is CC(=O)Nc1c(C)c(NC(=O)C(F)(F)F)c(C)c(S(=O)(=O)Cl)c1C.CC(=O)Nc1c(C)c(NC(=O)C(F)(F)F)c(C)c(S(=O)(=O)O)c1C.CC(=O)Nc1c(C)c(NC(=O)C(F)(F)F)c(C)c(S(N)(=O)=O)c1C.Cc1c(N)c(C)c(S(=O)(=O)O)c(C)c1N.Cc1c(N)c(C)c(S(N)(=O)=O)c(C)c1N. The Morgan fingerprint density at radius 2 is 0.471 bits per heavy atom. The van der Waals surface area contributed by atoms with Gasteiger partial charge in [-0.05, 0) is 187 Å². The Hall–Kier alpha value is -8.63. The number of halogens is 10. The lowest BCUT2D eigenvalue weighted by Crippen LogP contribution is -2.31. The van der Waals surface area contributed by atoms with E-state index in [1.165, 1.54) is 69.2 Å². The van der Waals surface area contributed by atoms with Crippen molar-refractivity contribution in [1.29, 1.82) is 0 Å². The minimum Gasteiger partial charge on any atom is -0.398 e. The van der Waals surface area contributed by atoms with Crippen molar-refractivity contribution in [3.05, 3.63) is 83.5 Å². The molecule has 0 saturated carbocycles. The maximum atomic E-state index is 12.5. The molecule has 20 N–H and O–H groups in total. The summed E-state index contributed by atoms with van der Waals surface area (Å²) in [7, 11) is -16.2. The molecule has 0 radical (unpaired) electrons. The molecule has 0 heterocycles. The summed E-state index contributed by atoms with van der Waals surface area (Å²) in [5.41, 5.74) is 25.4. The van der Waals surface area contributed by atoms with E-state index in [1.807, 2.05) is 0 Å². The van der Waals surface area contributed by atoms with Crippen LogP contribution >= 0.6 is 10.7 Å². The van der Waals surface area contributed by atoms with Gasteiger partial charge in [0.05, 0.1) is 37.4 Å². The maximum Gasteiger partial charge on any atom is 0.471 e. The molecular weight excluding hydrogens is 1510 g/mol. The second kappa shape index (κ2) is 32.8. The van der Waals surface area contributed by atoms with Crippen LogP contribution in [0.4, 0.5) is 96.4 Å². The Balaban J connectivity index is 0.000000647. The van der Waals surface area contributed by atoms with E-state index in [1.54, 1.807) is 43.6 Å². The van der Waals surface area contributed by atoms with E-state index in [0.29, 0.717) is 56.1 Å². The fourth-order valence-electron chi connectivity index (χ4n) is 10.3. The van der Waals surface area contributed by atoms with E-state index in [2.05, 4.69) is 16.0 Å². The molecule has 30 nitrogen and oxygen atoms in total. The van der Waals surface area contributed by atoms with Gasteiger partial charge in [-0.3, -0.25) is 37.9 Å². The van der Waals surface area contributed by atoms with Gasteiger partial charge in [-0.1, -0.05) is 0 Å². The van der Waals surface area contributed by atoms with Crippen LogP contribution in [0.5, 0.6) is 0 Å². The minimum absolute atomic E-state index is 0.0187. The molecule has 102 heavy (non-hydrogen) atoms. The van der Waals surface area contributed by atoms with Gasteiger partial charge in [0.25, 0.3) is 29.3 Å². The molecule has 0 spiro atoms. The van der Waals surface area contributed by atoms with Gasteiger partial charge in [0.1, 0.15) is 9.79 Å². The number of primary sulfonamides is 2. The molecule has 570 valence electrons. The summed E-state index contributed by atoms with van der Waals surface area (Å²) in [6.07, 6.45) is -15.5. The fraction of sp³-hybridized carbons (Fsp3) is 0.368. The first-order valence-electron chi connectivity index (χ1n) is 28.0. The zero-order valence-electron chi connectivity index (χ0n) is 57.2. The predicted molar refractivity (Wildman–Crippen MR) is 363 cm³/mol. The van der Waals surface area contributed by atoms with E-state index in [-0.39, 0.29) is 88.3 Å². The number of nitrogens with one attached hydrogen (secondary N) is 6. The zero-order chi connectivity index (χ0) is 81.0. The first-order valence-corrected chi connectivity index (χ1v) is 36.3. The van der Waals surface area contributed by atoms with Gasteiger partial charge in [0, 0.05) is 65.6 Å². The number of carbonyl (C=O) groups is 6. The topological polar surface area (TPSA) is 542 Å². The summed E-state index contributed by atoms with van der Waals surface area (Å²) < 4.78 is 246. The Labute approximate surface area is 585 Å². The van der Waals surface area contributed by atoms with Crippen molar-refractivity contribution in [1.82, 2.24) is 0 Å². The molecule has 0 saturated heterocycles. The number of nitrogen functional groups attached to an aromatic ring is 4. The first kappa shape index (κ1) is 91.4. The Bertz CT molecular complexity index is 4420. The number of anilines is 10. The number of hydrogen-bond acceptors (Lipinski definition) is 20. The summed E-state index contributed by atoms with van der Waals surface area (Å²) in [4.78, 5) is 65.7. The van der Waals surface area contributed by atoms with Gasteiger partial charge in [-0.15, -0.1) is 0 Å². The highest BCUT2D eigenvalue weighted by Gasteiger charge is 2.42. The number of benzene rings is 5. The van der Waals surface area contributed by atoms with Crippen LogP contribution in [0.2, 0.25) is 0 Å². The predicted octanol–water partition coefficient (Wildman–Crippen LogP) is 8.48. The zero-order valence-corrected chi connectivity index (χ0v) is 62.0. The monoisotopic (exact) mass is 1580 g/mol. The summed E-state index contributed by atoms with van der Waals surface area (Å²) in [5, 5.41) is 22.0. The molecule has 0 aliphatic carbocycles. The molecule has 0 aliphatic rings. The standard InChI is InChI=1S/C13H14ClF3N2O4S.C13H16F3N3O4S.C13H15F3N2O5S.C9H15N3O2S.C9H14N2O3S/c1-5-9(18-8(4)20)6(2)11(24(14,22)23)7(3)10(5)19-12(21)13(15,16)17;1-5-9(18-8(4)20)6(2)11(24(17,22)23)7(3)10(5)19-12(21)13(14,15)16;1-5-9(17-8(4)19)6(2)11(24(21,22)23)7(3)10(5)18-12(20)13(14,15)16;2*1-4-7(10)5(2)9(15(12,13)14)6(3)8(4)11/h1-4H3,(H,18,20)(H,19,21);1-4H3,(H,18,20)(H,19,21)(H2,17,22,23);1-4H3,(H,17,19)(H,18,20)(H,21,22,23);10-11H2,1-3H3,(H2,12,13,14);10-11H2,1-3H3,(H,12,13,14). The summed E-state index contributed by atoms with van der Waals surface area (Å²) >= 11 is 0. The van der Waals surface area contributed by atoms with Crippen molar-refractivity contribution in [2.45, 2.75) is 168 Å². The highest BCUT2D eigenvalue weighted by Crippen LogP contribution is 2.42. The van der Waals surface area contributed by atoms with E-state index >= 15 is 0 Å². The Morgan fingerprint density at radius 3 is 0.647 bits per heavy atom. The number of amides is 6. The molecule has 0 bridgehead atoms. The quantitative estimate of drug-likeness (QED) is 0.0255. The first-order chi connectivity index (χ1) is 45.4. The number of hydrogen-bond donors (Lipinski definition) is 14. The average molecular weight is 1580 g/mol. The normalized spacial score (nSPS) is 11.9. The molecule has 0 unspecified atom stereocenters. The Morgan fingerprint density at radius 1 is 0.304 bits per heavy atom. The van der Waals surface area contributed by atoms with Gasteiger partial charge in [0.2, 0.25) is 37.8 Å². The van der Waals surface area contributed by atoms with Crippen LogP contribution < -0.4 is 65.1 Å². The highest BCUT2D eigenvalue weighted by molar-refractivity contribution is 8.13. The minimum atomic E-state index is -5.20. The molecule has 5 aromatic rings. The summed E-state index contributed by atoms with van der Waals surface area (Å²) in [5.74, 6) is -8.61. The third kappa shape index (κ3) is 22.2. The molecule has 5 aromatic carbocycles. The van der Waals surface area contributed by atoms with Crippen LogP contribution in [-0.4, -0.2) is 105 Å². The molecule has 0 aliphatic heterocycles. The molecule has 6 amide bonds. The number of sulfonamides is 2. The van der Waals surface area contributed by atoms with Crippen molar-refractivity contribution >= 4 is 152 Å². The van der Waals surface area contributed by atoms with Gasteiger partial charge in [-0.2, -0.15) is 56.3 Å². The third-order valence-corrected chi connectivity index (χ3v) is 21.0. The highest BCUT2D eigenvalue weighted by atomic mass is 35.7. The average Bonchev–Trinajstić information content (AvgIpc) is 0.796. The van der Waals surface area contributed by atoms with Gasteiger partial charge in [-0.25, -0.2) is 35.5 Å². The van der Waals surface area contributed by atoms with Crippen LogP contribution in [0.3, 0.4) is 0 Å². The van der Waals surface area contributed by atoms with Crippen LogP contribution in [0.15, 0.2) is 24.5 Å². The van der Waals surface area contributed by atoms with Crippen molar-refractivity contribution in [3.8, 4) is 0 Å². The van der Waals surface area contributed by atoms with E-state index in [0.717, 1.165) is 27.7 Å². The fourth-order valence-corrected chi connectivity index (χ4v) is 16.0. The van der Waals surface area contributed by atoms with Crippen LogP contribution in [0, 0.1) is 104 Å². The molecule has 5 rings (SSSR count). The van der Waals surface area contributed by atoms with Crippen molar-refractivity contribution < 1.29 is 119 Å². The molecule has 45 heteroatoms. The van der Waals surface area contributed by atoms with E-state index < -0.39 is 124 Å². The largest absolute Gasteiger partial charge is 0.471 e. The molecule has 0 atom stereocenters. The van der Waals surface area contributed by atoms with Crippen molar-refractivity contribution in [3.63, 3.8) is 0 Å². The molecule has 0 fully saturated rings. The summed E-state index contributed by atoms with van der Waals surface area (Å²) in [6.45, 7) is 24.6. The molecular formula is C57H74ClF9N12O18S5. The number of nitrogens with two attached hydrogens (primary N) is 6. The van der Waals surface area contributed by atoms with E-state index in [4.69, 9.17) is 48.4 Å². The number of carbonyl (C=O) groups excluding carboxylic acids is 6. The van der Waals surface area contributed by atoms with Crippen LogP contribution in [0.25, 0.3) is 0 Å². The second-order valence-corrected chi connectivity index (χ2v) is 30.5. The van der Waals surface area contributed by atoms with Crippen molar-refractivity contribution in [2.24, 2.45) is 10.3 Å². The van der Waals surface area contributed by atoms with Crippen LogP contribution in [-0.2, 0) is 78.1 Å². The van der Waals surface area contributed by atoms with Gasteiger partial charge in [0.15, 0.2) is 0 Å². The number of rotatable bonds is 11. The van der Waals surface area contributed by atoms with Gasteiger partial charge < -0.3 is 54.8 Å². The lowest BCUT2D eigenvalue weighted by molar-refractivity contribution is -0.167. The third-order valence-electron chi connectivity index (χ3n) is 14.9. The maximum absolute atomic E-state index is 12.5. The number of alkyl halides is 9. The smallest absolute Gasteiger partial charge is 0.398 e. The van der Waals surface area contributed by atoms with Gasteiger partial charge >= 0.3 is 36.3 Å². The lowest BCUT2D eigenvalue weighted by atomic mass is 10.0. The van der Waals surface area contributed by atoms with E-state index in [9.17, 15) is 115 Å². The Kier molecular flexibility index (Phi) is 29.4. The second-order valence-electron chi connectivity index (χ2n) is 22.3. The summed E-state index contributed by atoms with van der Waals surface area (Å²) in [6, 6.07) is 0.